The zero-order valence-corrected chi connectivity index (χ0v) is 16.9. The monoisotopic (exact) mass is 367 g/mol. The number of hydrogen-bond donors (Lipinski definition) is 0. The van der Waals surface area contributed by atoms with Crippen molar-refractivity contribution in [1.82, 2.24) is 9.88 Å². The number of likely N-dealkylation sites (N-methyl/N-ethyl adjacent to an activating group) is 1. The Labute approximate surface area is 162 Å². The molecule has 0 aliphatic carbocycles. The lowest BCUT2D eigenvalue weighted by molar-refractivity contribution is -0.130. The molecule has 0 bridgehead atoms. The Morgan fingerprint density at radius 2 is 1.67 bits per heavy atom. The Kier molecular flexibility index (Phi) is 6.72. The highest BCUT2D eigenvalue weighted by atomic mass is 16.2. The molecule has 1 heterocycles. The summed E-state index contributed by atoms with van der Waals surface area (Å²) < 4.78 is 0. The summed E-state index contributed by atoms with van der Waals surface area (Å²) in [5.74, 6) is -0.217. The Hall–Kier alpha value is -2.69. The first-order valence-corrected chi connectivity index (χ1v) is 9.20. The van der Waals surface area contributed by atoms with Crippen molar-refractivity contribution in [2.45, 2.75) is 39.5 Å². The third-order valence-corrected chi connectivity index (χ3v) is 4.59. The molecule has 2 rings (SSSR count). The lowest BCUT2D eigenvalue weighted by atomic mass is 9.85. The van der Waals surface area contributed by atoms with Crippen LogP contribution in [0.3, 0.4) is 0 Å². The van der Waals surface area contributed by atoms with Gasteiger partial charge in [-0.15, -0.1) is 0 Å². The van der Waals surface area contributed by atoms with Gasteiger partial charge in [-0.05, 0) is 41.2 Å². The summed E-state index contributed by atoms with van der Waals surface area (Å²) in [7, 11) is 1.78. The van der Waals surface area contributed by atoms with Gasteiger partial charge in [0.05, 0.1) is 0 Å². The summed E-state index contributed by atoms with van der Waals surface area (Å²) in [6, 6.07) is 11.7. The average Bonchev–Trinajstić information content (AvgIpc) is 2.63. The number of nitrogens with zero attached hydrogens (tertiary/aromatic N) is 3. The summed E-state index contributed by atoms with van der Waals surface area (Å²) in [5.41, 5.74) is 2.85. The van der Waals surface area contributed by atoms with Gasteiger partial charge in [-0.25, -0.2) is 0 Å². The zero-order valence-electron chi connectivity index (χ0n) is 16.9. The Morgan fingerprint density at radius 1 is 1.04 bits per heavy atom. The summed E-state index contributed by atoms with van der Waals surface area (Å²) >= 11 is 0. The molecule has 0 atom stereocenters. The van der Waals surface area contributed by atoms with E-state index in [2.05, 4.69) is 25.8 Å². The van der Waals surface area contributed by atoms with E-state index in [0.717, 1.165) is 23.2 Å². The standard InChI is InChI=1S/C22H29N3O2/c1-17(26)25(20-9-7-6-8-19(20)22(2,3)4)16-21(27)24(5)15-12-18-10-13-23-14-11-18/h6-11,13-14H,12,15-16H2,1-5H3. The molecule has 2 aromatic rings. The molecule has 5 heteroatoms. The second-order valence-corrected chi connectivity index (χ2v) is 7.79. The molecule has 5 nitrogen and oxygen atoms in total. The first-order chi connectivity index (χ1) is 12.7. The highest BCUT2D eigenvalue weighted by Gasteiger charge is 2.25. The lowest BCUT2D eigenvalue weighted by Crippen LogP contribution is -2.42. The predicted molar refractivity (Wildman–Crippen MR) is 109 cm³/mol. The van der Waals surface area contributed by atoms with Gasteiger partial charge in [0.1, 0.15) is 6.54 Å². The molecule has 0 aliphatic heterocycles. The molecule has 0 N–H and O–H groups in total. The van der Waals surface area contributed by atoms with Gasteiger partial charge in [0.15, 0.2) is 0 Å². The van der Waals surface area contributed by atoms with Crippen LogP contribution in [0.15, 0.2) is 48.8 Å². The van der Waals surface area contributed by atoms with Gasteiger partial charge in [0.25, 0.3) is 0 Å². The predicted octanol–water partition coefficient (Wildman–Crippen LogP) is 3.43. The van der Waals surface area contributed by atoms with Crippen molar-refractivity contribution in [3.63, 3.8) is 0 Å². The first-order valence-electron chi connectivity index (χ1n) is 9.20. The van der Waals surface area contributed by atoms with E-state index in [1.165, 1.54) is 6.92 Å². The van der Waals surface area contributed by atoms with E-state index in [9.17, 15) is 9.59 Å². The van der Waals surface area contributed by atoms with Gasteiger partial charge >= 0.3 is 0 Å². The molecule has 2 amide bonds. The van der Waals surface area contributed by atoms with Crippen molar-refractivity contribution in [1.29, 1.82) is 0 Å². The fourth-order valence-electron chi connectivity index (χ4n) is 2.94. The number of carbonyl (C=O) groups is 2. The van der Waals surface area contributed by atoms with Crippen molar-refractivity contribution in [2.75, 3.05) is 25.0 Å². The van der Waals surface area contributed by atoms with Crippen LogP contribution in [0.4, 0.5) is 5.69 Å². The molecule has 0 aliphatic rings. The fraction of sp³-hybridized carbons (Fsp3) is 0.409. The number of carbonyl (C=O) groups excluding carboxylic acids is 2. The minimum atomic E-state index is -0.136. The van der Waals surface area contributed by atoms with E-state index in [1.54, 1.807) is 29.2 Å². The van der Waals surface area contributed by atoms with Crippen LogP contribution in [0.25, 0.3) is 0 Å². The maximum atomic E-state index is 12.7. The molecule has 27 heavy (non-hydrogen) atoms. The second kappa shape index (κ2) is 8.80. The topological polar surface area (TPSA) is 53.5 Å². The van der Waals surface area contributed by atoms with Gasteiger partial charge in [-0.3, -0.25) is 14.6 Å². The first kappa shape index (κ1) is 20.6. The van der Waals surface area contributed by atoms with Crippen LogP contribution < -0.4 is 4.90 Å². The van der Waals surface area contributed by atoms with Crippen molar-refractivity contribution in [2.24, 2.45) is 0 Å². The molecule has 0 saturated carbocycles. The highest BCUT2D eigenvalue weighted by Crippen LogP contribution is 2.32. The minimum absolute atomic E-state index is 0.0370. The van der Waals surface area contributed by atoms with E-state index in [-0.39, 0.29) is 23.8 Å². The molecule has 1 aromatic carbocycles. The van der Waals surface area contributed by atoms with E-state index in [0.29, 0.717) is 6.54 Å². The van der Waals surface area contributed by atoms with Crippen LogP contribution in [0, 0.1) is 0 Å². The maximum Gasteiger partial charge on any atom is 0.242 e. The van der Waals surface area contributed by atoms with Crippen molar-refractivity contribution >= 4 is 17.5 Å². The van der Waals surface area contributed by atoms with Crippen LogP contribution in [-0.2, 0) is 21.4 Å². The van der Waals surface area contributed by atoms with Crippen molar-refractivity contribution in [3.8, 4) is 0 Å². The number of benzene rings is 1. The summed E-state index contributed by atoms with van der Waals surface area (Å²) in [6.07, 6.45) is 4.25. The number of aromatic nitrogens is 1. The van der Waals surface area contributed by atoms with Crippen molar-refractivity contribution in [3.05, 3.63) is 59.9 Å². The Bertz CT molecular complexity index is 782. The van der Waals surface area contributed by atoms with Gasteiger partial charge in [0.2, 0.25) is 11.8 Å². The van der Waals surface area contributed by atoms with Gasteiger partial charge in [0, 0.05) is 38.6 Å². The average molecular weight is 367 g/mol. The van der Waals surface area contributed by atoms with E-state index < -0.39 is 0 Å². The Balaban J connectivity index is 2.12. The number of rotatable bonds is 6. The smallest absolute Gasteiger partial charge is 0.242 e. The molecule has 0 radical (unpaired) electrons. The molecule has 1 aromatic heterocycles. The van der Waals surface area contributed by atoms with E-state index in [4.69, 9.17) is 0 Å². The number of anilines is 1. The summed E-state index contributed by atoms with van der Waals surface area (Å²) in [4.78, 5) is 32.3. The molecule has 0 unspecified atom stereocenters. The van der Waals surface area contributed by atoms with Gasteiger partial charge in [-0.1, -0.05) is 39.0 Å². The van der Waals surface area contributed by atoms with Crippen LogP contribution in [-0.4, -0.2) is 41.8 Å². The fourth-order valence-corrected chi connectivity index (χ4v) is 2.94. The summed E-state index contributed by atoms with van der Waals surface area (Å²) in [6.45, 7) is 8.45. The highest BCUT2D eigenvalue weighted by molar-refractivity contribution is 5.98. The summed E-state index contributed by atoms with van der Waals surface area (Å²) in [5, 5.41) is 0. The zero-order chi connectivity index (χ0) is 20.0. The molecule has 0 fully saturated rings. The van der Waals surface area contributed by atoms with E-state index >= 15 is 0 Å². The van der Waals surface area contributed by atoms with Crippen LogP contribution in [0.2, 0.25) is 0 Å². The molecule has 144 valence electrons. The minimum Gasteiger partial charge on any atom is -0.344 e. The van der Waals surface area contributed by atoms with Crippen LogP contribution in [0.5, 0.6) is 0 Å². The van der Waals surface area contributed by atoms with Gasteiger partial charge in [-0.2, -0.15) is 0 Å². The number of pyridine rings is 1. The van der Waals surface area contributed by atoms with Crippen LogP contribution in [0.1, 0.15) is 38.8 Å². The maximum absolute atomic E-state index is 12.7. The SMILES string of the molecule is CC(=O)N(CC(=O)N(C)CCc1ccncc1)c1ccccc1C(C)(C)C. The number of hydrogen-bond acceptors (Lipinski definition) is 3. The van der Waals surface area contributed by atoms with Crippen LogP contribution >= 0.6 is 0 Å². The third kappa shape index (κ3) is 5.64. The van der Waals surface area contributed by atoms with E-state index in [1.807, 2.05) is 36.4 Å². The largest absolute Gasteiger partial charge is 0.344 e. The molecular formula is C22H29N3O2. The van der Waals surface area contributed by atoms with Crippen molar-refractivity contribution < 1.29 is 9.59 Å². The number of para-hydroxylation sites is 1. The number of amides is 2. The Morgan fingerprint density at radius 3 is 2.26 bits per heavy atom. The third-order valence-electron chi connectivity index (χ3n) is 4.59. The quantitative estimate of drug-likeness (QED) is 0.786. The molecular weight excluding hydrogens is 338 g/mol. The normalized spacial score (nSPS) is 11.1. The molecule has 0 saturated heterocycles. The second-order valence-electron chi connectivity index (χ2n) is 7.79. The van der Waals surface area contributed by atoms with Gasteiger partial charge < -0.3 is 9.80 Å². The molecule has 0 spiro atoms. The lowest BCUT2D eigenvalue weighted by Gasteiger charge is -2.30.